The van der Waals surface area contributed by atoms with Gasteiger partial charge in [0.15, 0.2) is 10.1 Å². The molecule has 21 heavy (non-hydrogen) atoms. The molecule has 0 atom stereocenters. The maximum absolute atomic E-state index is 12.2. The summed E-state index contributed by atoms with van der Waals surface area (Å²) in [5, 5.41) is 4.93. The van der Waals surface area contributed by atoms with Crippen molar-refractivity contribution < 1.29 is 4.79 Å². The number of thiazole rings is 2. The maximum atomic E-state index is 12.2. The fraction of sp³-hybridized carbons (Fsp3) is 0.231. The van der Waals surface area contributed by atoms with Crippen molar-refractivity contribution in [3.63, 3.8) is 0 Å². The summed E-state index contributed by atoms with van der Waals surface area (Å²) in [6, 6.07) is 0. The lowest BCUT2D eigenvalue weighted by atomic mass is 10.3. The Labute approximate surface area is 128 Å². The average molecular weight is 320 g/mol. The lowest BCUT2D eigenvalue weighted by Crippen LogP contribution is -2.25. The third-order valence-electron chi connectivity index (χ3n) is 3.04. The molecule has 0 radical (unpaired) electrons. The molecule has 0 aliphatic carbocycles. The van der Waals surface area contributed by atoms with E-state index in [0.29, 0.717) is 10.1 Å². The van der Waals surface area contributed by atoms with Gasteiger partial charge in [0.1, 0.15) is 5.56 Å². The summed E-state index contributed by atoms with van der Waals surface area (Å²) in [6.45, 7) is 3.97. The predicted octanol–water partition coefficient (Wildman–Crippen LogP) is 2.34. The van der Waals surface area contributed by atoms with Crippen molar-refractivity contribution in [2.75, 3.05) is 5.32 Å². The van der Waals surface area contributed by atoms with Crippen LogP contribution >= 0.6 is 22.7 Å². The van der Waals surface area contributed by atoms with E-state index in [4.69, 9.17) is 0 Å². The minimum atomic E-state index is -0.482. The molecule has 6 nitrogen and oxygen atoms in total. The van der Waals surface area contributed by atoms with Crippen LogP contribution < -0.4 is 10.9 Å². The summed E-state index contributed by atoms with van der Waals surface area (Å²) in [7, 11) is 0. The number of carbonyl (C=O) groups excluding carboxylic acids is 1. The Morgan fingerprint density at radius 1 is 1.48 bits per heavy atom. The van der Waals surface area contributed by atoms with Crippen molar-refractivity contribution in [2.24, 2.45) is 0 Å². The molecule has 0 aliphatic rings. The van der Waals surface area contributed by atoms with Gasteiger partial charge in [-0.1, -0.05) is 6.92 Å². The van der Waals surface area contributed by atoms with Crippen molar-refractivity contribution in [1.29, 1.82) is 0 Å². The summed E-state index contributed by atoms with van der Waals surface area (Å²) in [5.41, 5.74) is 0.595. The fourth-order valence-corrected chi connectivity index (χ4v) is 3.53. The van der Waals surface area contributed by atoms with Crippen LogP contribution in [0.4, 0.5) is 5.13 Å². The minimum Gasteiger partial charge on any atom is -0.298 e. The molecule has 1 N–H and O–H groups in total. The summed E-state index contributed by atoms with van der Waals surface area (Å²) in [6.07, 6.45) is 3.73. The quantitative estimate of drug-likeness (QED) is 0.803. The molecule has 0 aromatic carbocycles. The first-order chi connectivity index (χ1) is 10.1. The Morgan fingerprint density at radius 3 is 3.00 bits per heavy atom. The molecule has 108 valence electrons. The number of fused-ring (bicyclic) bond motifs is 1. The summed E-state index contributed by atoms with van der Waals surface area (Å²) < 4.78 is 1.37. The predicted molar refractivity (Wildman–Crippen MR) is 83.5 cm³/mol. The SMILES string of the molecule is CCc1nc(NC(=O)c2cnc3sccn3c2=O)sc1C. The highest BCUT2D eigenvalue weighted by Crippen LogP contribution is 2.22. The van der Waals surface area contributed by atoms with Crippen molar-refractivity contribution >= 4 is 38.7 Å². The third-order valence-corrected chi connectivity index (χ3v) is 4.73. The van der Waals surface area contributed by atoms with Gasteiger partial charge in [-0.05, 0) is 13.3 Å². The zero-order valence-corrected chi connectivity index (χ0v) is 13.0. The van der Waals surface area contributed by atoms with Crippen LogP contribution in [0.25, 0.3) is 4.96 Å². The maximum Gasteiger partial charge on any atom is 0.271 e. The zero-order valence-electron chi connectivity index (χ0n) is 11.4. The normalized spacial score (nSPS) is 11.0. The summed E-state index contributed by atoms with van der Waals surface area (Å²) in [4.78, 5) is 34.5. The number of nitrogens with zero attached hydrogens (tertiary/aromatic N) is 3. The van der Waals surface area contributed by atoms with E-state index < -0.39 is 5.91 Å². The van der Waals surface area contributed by atoms with Crippen LogP contribution in [-0.2, 0) is 6.42 Å². The highest BCUT2D eigenvalue weighted by Gasteiger charge is 2.16. The van der Waals surface area contributed by atoms with Gasteiger partial charge in [-0.25, -0.2) is 9.97 Å². The number of hydrogen-bond donors (Lipinski definition) is 1. The lowest BCUT2D eigenvalue weighted by molar-refractivity contribution is 0.102. The average Bonchev–Trinajstić information content (AvgIpc) is 3.05. The van der Waals surface area contributed by atoms with Crippen LogP contribution in [0.15, 0.2) is 22.6 Å². The number of anilines is 1. The monoisotopic (exact) mass is 320 g/mol. The first kappa shape index (κ1) is 13.9. The number of rotatable bonds is 3. The first-order valence-electron chi connectivity index (χ1n) is 6.32. The Bertz CT molecular complexity index is 878. The number of hydrogen-bond acceptors (Lipinski definition) is 6. The summed E-state index contributed by atoms with van der Waals surface area (Å²) >= 11 is 2.75. The molecule has 0 saturated heterocycles. The van der Waals surface area contributed by atoms with E-state index in [1.54, 1.807) is 11.6 Å². The smallest absolute Gasteiger partial charge is 0.271 e. The highest BCUT2D eigenvalue weighted by atomic mass is 32.1. The number of amides is 1. The Hall–Kier alpha value is -2.06. The molecular formula is C13H12N4O2S2. The Balaban J connectivity index is 1.93. The minimum absolute atomic E-state index is 0.0109. The van der Waals surface area contributed by atoms with Gasteiger partial charge in [-0.2, -0.15) is 0 Å². The van der Waals surface area contributed by atoms with E-state index in [9.17, 15) is 9.59 Å². The van der Waals surface area contributed by atoms with E-state index in [1.165, 1.54) is 33.3 Å². The van der Waals surface area contributed by atoms with E-state index in [0.717, 1.165) is 17.0 Å². The second-order valence-electron chi connectivity index (χ2n) is 4.36. The van der Waals surface area contributed by atoms with E-state index in [2.05, 4.69) is 15.3 Å². The lowest BCUT2D eigenvalue weighted by Gasteiger charge is -2.01. The van der Waals surface area contributed by atoms with Gasteiger partial charge in [-0.3, -0.25) is 19.3 Å². The summed E-state index contributed by atoms with van der Waals surface area (Å²) in [5.74, 6) is -0.482. The molecular weight excluding hydrogens is 308 g/mol. The number of aryl methyl sites for hydroxylation is 2. The van der Waals surface area contributed by atoms with Crippen molar-refractivity contribution in [2.45, 2.75) is 20.3 Å². The Morgan fingerprint density at radius 2 is 2.29 bits per heavy atom. The van der Waals surface area contributed by atoms with Crippen LogP contribution in [0.5, 0.6) is 0 Å². The van der Waals surface area contributed by atoms with E-state index in [1.807, 2.05) is 13.8 Å². The highest BCUT2D eigenvalue weighted by molar-refractivity contribution is 7.16. The molecule has 0 fully saturated rings. The van der Waals surface area contributed by atoms with Crippen LogP contribution in [0.3, 0.4) is 0 Å². The van der Waals surface area contributed by atoms with E-state index in [-0.39, 0.29) is 11.1 Å². The van der Waals surface area contributed by atoms with Gasteiger partial charge in [0.25, 0.3) is 11.5 Å². The molecule has 1 amide bonds. The molecule has 3 aromatic rings. The molecule has 3 heterocycles. The van der Waals surface area contributed by atoms with Crippen molar-refractivity contribution in [1.82, 2.24) is 14.4 Å². The first-order valence-corrected chi connectivity index (χ1v) is 8.02. The van der Waals surface area contributed by atoms with Crippen LogP contribution in [0, 0.1) is 6.92 Å². The number of aromatic nitrogens is 3. The van der Waals surface area contributed by atoms with Crippen LogP contribution in [-0.4, -0.2) is 20.3 Å². The van der Waals surface area contributed by atoms with Gasteiger partial charge in [0, 0.05) is 22.7 Å². The molecule has 0 bridgehead atoms. The zero-order chi connectivity index (χ0) is 15.0. The molecule has 0 saturated carbocycles. The third kappa shape index (κ3) is 2.47. The topological polar surface area (TPSA) is 76.4 Å². The second kappa shape index (κ2) is 5.38. The standard InChI is InChI=1S/C13H12N4O2S2/c1-3-9-7(2)21-12(15-9)16-10(18)8-6-14-13-17(11(8)19)4-5-20-13/h4-6H,3H2,1-2H3,(H,15,16,18). The molecule has 0 unspecified atom stereocenters. The largest absolute Gasteiger partial charge is 0.298 e. The van der Waals surface area contributed by atoms with Gasteiger partial charge < -0.3 is 0 Å². The molecule has 0 spiro atoms. The van der Waals surface area contributed by atoms with Crippen molar-refractivity contribution in [3.8, 4) is 0 Å². The van der Waals surface area contributed by atoms with Gasteiger partial charge in [0.2, 0.25) is 0 Å². The molecule has 8 heteroatoms. The Kier molecular flexibility index (Phi) is 3.56. The van der Waals surface area contributed by atoms with E-state index >= 15 is 0 Å². The van der Waals surface area contributed by atoms with Gasteiger partial charge in [-0.15, -0.1) is 22.7 Å². The molecule has 0 aliphatic heterocycles. The van der Waals surface area contributed by atoms with Crippen molar-refractivity contribution in [3.05, 3.63) is 44.3 Å². The van der Waals surface area contributed by atoms with Crippen LogP contribution in [0.1, 0.15) is 27.9 Å². The number of nitrogens with one attached hydrogen (secondary N) is 1. The van der Waals surface area contributed by atoms with Gasteiger partial charge in [0.05, 0.1) is 5.69 Å². The number of carbonyl (C=O) groups is 1. The van der Waals surface area contributed by atoms with Crippen LogP contribution in [0.2, 0.25) is 0 Å². The second-order valence-corrected chi connectivity index (χ2v) is 6.44. The van der Waals surface area contributed by atoms with Gasteiger partial charge >= 0.3 is 0 Å². The molecule has 3 rings (SSSR count). The molecule has 3 aromatic heterocycles. The fourth-order valence-electron chi connectivity index (χ4n) is 1.95.